The van der Waals surface area contributed by atoms with E-state index < -0.39 is 0 Å². The van der Waals surface area contributed by atoms with Crippen LogP contribution < -0.4 is 4.90 Å². The Hall–Kier alpha value is -1.58. The zero-order valence-electron chi connectivity index (χ0n) is 10.3. The van der Waals surface area contributed by atoms with Gasteiger partial charge in [-0.3, -0.25) is 10.3 Å². The van der Waals surface area contributed by atoms with E-state index in [0.717, 1.165) is 0 Å². The van der Waals surface area contributed by atoms with Crippen molar-refractivity contribution in [1.29, 1.82) is 5.41 Å². The minimum atomic E-state index is 0.0528. The topological polar surface area (TPSA) is 49.2 Å². The van der Waals surface area contributed by atoms with Crippen LogP contribution in [0.5, 0.6) is 0 Å². The van der Waals surface area contributed by atoms with Crippen LogP contribution in [-0.2, 0) is 4.74 Å². The molecular weight excluding hydrogens is 202 g/mol. The van der Waals surface area contributed by atoms with Crippen molar-refractivity contribution < 1.29 is 4.74 Å². The molecule has 4 heteroatoms. The molecule has 0 atom stereocenters. The van der Waals surface area contributed by atoms with Crippen molar-refractivity contribution in [2.75, 3.05) is 18.6 Å². The summed E-state index contributed by atoms with van der Waals surface area (Å²) in [5, 5.41) is 7.78. The Balaban J connectivity index is 2.55. The van der Waals surface area contributed by atoms with Crippen molar-refractivity contribution in [3.8, 4) is 0 Å². The molecule has 0 radical (unpaired) electrons. The summed E-state index contributed by atoms with van der Waals surface area (Å²) in [4.78, 5) is 5.77. The average Bonchev–Trinajstić information content (AvgIpc) is 2.25. The molecule has 0 aliphatic heterocycles. The van der Waals surface area contributed by atoms with E-state index >= 15 is 0 Å². The summed E-state index contributed by atoms with van der Waals surface area (Å²) in [5.41, 5.74) is 0.0528. The smallest absolute Gasteiger partial charge is 0.289 e. The molecule has 0 aliphatic rings. The highest BCUT2D eigenvalue weighted by Gasteiger charge is 2.15. The van der Waals surface area contributed by atoms with Crippen molar-refractivity contribution in [2.24, 2.45) is 5.41 Å². The maximum absolute atomic E-state index is 7.78. The largest absolute Gasteiger partial charge is 0.464 e. The second-order valence-corrected chi connectivity index (χ2v) is 4.90. The van der Waals surface area contributed by atoms with Gasteiger partial charge in [-0.25, -0.2) is 4.98 Å². The van der Waals surface area contributed by atoms with E-state index in [1.807, 2.05) is 18.2 Å². The Morgan fingerprint density at radius 3 is 2.62 bits per heavy atom. The lowest BCUT2D eigenvalue weighted by molar-refractivity contribution is 0.182. The van der Waals surface area contributed by atoms with Crippen LogP contribution in [0.2, 0.25) is 0 Å². The van der Waals surface area contributed by atoms with Gasteiger partial charge in [0.2, 0.25) is 0 Å². The van der Waals surface area contributed by atoms with E-state index in [-0.39, 0.29) is 11.4 Å². The molecule has 4 nitrogen and oxygen atoms in total. The van der Waals surface area contributed by atoms with Gasteiger partial charge >= 0.3 is 0 Å². The quantitative estimate of drug-likeness (QED) is 0.616. The molecule has 0 aromatic carbocycles. The van der Waals surface area contributed by atoms with Gasteiger partial charge in [-0.15, -0.1) is 0 Å². The summed E-state index contributed by atoms with van der Waals surface area (Å²) in [6, 6.07) is 5.69. The normalized spacial score (nSPS) is 11.0. The van der Waals surface area contributed by atoms with Gasteiger partial charge in [0, 0.05) is 13.2 Å². The summed E-state index contributed by atoms with van der Waals surface area (Å²) in [6.07, 6.45) is 1.70. The lowest BCUT2D eigenvalue weighted by atomic mass is 9.99. The summed E-state index contributed by atoms with van der Waals surface area (Å²) in [5.74, 6) is 0.710. The van der Waals surface area contributed by atoms with Gasteiger partial charge in [-0.05, 0) is 17.5 Å². The highest BCUT2D eigenvalue weighted by molar-refractivity contribution is 5.87. The van der Waals surface area contributed by atoms with E-state index in [4.69, 9.17) is 10.1 Å². The minimum Gasteiger partial charge on any atom is -0.464 e. The first-order valence-corrected chi connectivity index (χ1v) is 5.26. The number of ether oxygens (including phenoxy) is 1. The first-order chi connectivity index (χ1) is 7.40. The molecule has 0 aliphatic carbocycles. The third kappa shape index (κ3) is 3.88. The van der Waals surface area contributed by atoms with E-state index in [9.17, 15) is 0 Å². The fourth-order valence-corrected chi connectivity index (χ4v) is 1.04. The van der Waals surface area contributed by atoms with Crippen LogP contribution in [-0.4, -0.2) is 24.7 Å². The molecule has 0 bridgehead atoms. The molecule has 16 heavy (non-hydrogen) atoms. The molecule has 0 fully saturated rings. The SMILES string of the molecule is CN(C(=N)OCC(C)(C)C)c1ccccn1. The average molecular weight is 221 g/mol. The lowest BCUT2D eigenvalue weighted by Crippen LogP contribution is -2.31. The van der Waals surface area contributed by atoms with Crippen molar-refractivity contribution in [1.82, 2.24) is 4.98 Å². The standard InChI is InChI=1S/C12H19N3O/c1-12(2,3)9-16-11(13)15(4)10-7-5-6-8-14-10/h5-8,13H,9H2,1-4H3. The monoisotopic (exact) mass is 221 g/mol. The molecule has 1 aromatic heterocycles. The Labute approximate surface area is 96.8 Å². The molecule has 0 saturated carbocycles. The van der Waals surface area contributed by atoms with Crippen LogP contribution in [0.1, 0.15) is 20.8 Å². The first-order valence-electron chi connectivity index (χ1n) is 5.26. The highest BCUT2D eigenvalue weighted by Crippen LogP contribution is 2.14. The van der Waals surface area contributed by atoms with E-state index in [1.54, 1.807) is 18.1 Å². The number of pyridine rings is 1. The number of hydrogen-bond acceptors (Lipinski definition) is 3. The summed E-state index contributed by atoms with van der Waals surface area (Å²) in [6.45, 7) is 6.73. The van der Waals surface area contributed by atoms with Crippen molar-refractivity contribution >= 4 is 11.8 Å². The van der Waals surface area contributed by atoms with Gasteiger partial charge in [-0.2, -0.15) is 0 Å². The fourth-order valence-electron chi connectivity index (χ4n) is 1.04. The van der Waals surface area contributed by atoms with E-state index in [2.05, 4.69) is 25.8 Å². The molecule has 0 amide bonds. The van der Waals surface area contributed by atoms with Crippen molar-refractivity contribution in [2.45, 2.75) is 20.8 Å². The van der Waals surface area contributed by atoms with E-state index in [1.165, 1.54) is 0 Å². The van der Waals surface area contributed by atoms with Gasteiger partial charge in [0.05, 0.1) is 6.61 Å². The summed E-state index contributed by atoms with van der Waals surface area (Å²) >= 11 is 0. The summed E-state index contributed by atoms with van der Waals surface area (Å²) < 4.78 is 5.39. The Morgan fingerprint density at radius 1 is 1.44 bits per heavy atom. The third-order valence-electron chi connectivity index (χ3n) is 1.94. The van der Waals surface area contributed by atoms with Crippen LogP contribution in [0.3, 0.4) is 0 Å². The van der Waals surface area contributed by atoms with Crippen molar-refractivity contribution in [3.05, 3.63) is 24.4 Å². The number of rotatable bonds is 2. The fraction of sp³-hybridized carbons (Fsp3) is 0.500. The van der Waals surface area contributed by atoms with Crippen LogP contribution in [0, 0.1) is 10.8 Å². The zero-order valence-corrected chi connectivity index (χ0v) is 10.3. The number of anilines is 1. The molecule has 1 aromatic rings. The number of hydrogen-bond donors (Lipinski definition) is 1. The number of nitrogens with zero attached hydrogens (tertiary/aromatic N) is 2. The predicted octanol–water partition coefficient (Wildman–Crippen LogP) is 2.52. The van der Waals surface area contributed by atoms with E-state index in [0.29, 0.717) is 12.4 Å². The molecule has 0 saturated heterocycles. The Bertz CT molecular complexity index is 343. The molecular formula is C12H19N3O. The van der Waals surface area contributed by atoms with Crippen LogP contribution in [0.15, 0.2) is 24.4 Å². The van der Waals surface area contributed by atoms with Crippen LogP contribution in [0.4, 0.5) is 5.82 Å². The number of aromatic nitrogens is 1. The maximum Gasteiger partial charge on any atom is 0.289 e. The third-order valence-corrected chi connectivity index (χ3v) is 1.94. The van der Waals surface area contributed by atoms with Gasteiger partial charge in [-0.1, -0.05) is 26.8 Å². The number of amidine groups is 1. The Kier molecular flexibility index (Phi) is 3.88. The van der Waals surface area contributed by atoms with Gasteiger partial charge < -0.3 is 4.74 Å². The predicted molar refractivity (Wildman–Crippen MR) is 65.8 cm³/mol. The lowest BCUT2D eigenvalue weighted by Gasteiger charge is -2.23. The number of nitrogens with one attached hydrogen (secondary N) is 1. The van der Waals surface area contributed by atoms with Crippen LogP contribution >= 0.6 is 0 Å². The molecule has 88 valence electrons. The maximum atomic E-state index is 7.78. The van der Waals surface area contributed by atoms with Gasteiger partial charge in [0.1, 0.15) is 5.82 Å². The molecule has 1 N–H and O–H groups in total. The second-order valence-electron chi connectivity index (χ2n) is 4.90. The Morgan fingerprint density at radius 2 is 2.12 bits per heavy atom. The van der Waals surface area contributed by atoms with Crippen molar-refractivity contribution in [3.63, 3.8) is 0 Å². The van der Waals surface area contributed by atoms with Gasteiger partial charge in [0.15, 0.2) is 0 Å². The molecule has 0 unspecified atom stereocenters. The van der Waals surface area contributed by atoms with Gasteiger partial charge in [0.25, 0.3) is 6.02 Å². The molecule has 1 rings (SSSR count). The first kappa shape index (κ1) is 12.5. The van der Waals surface area contributed by atoms with Crippen LogP contribution in [0.25, 0.3) is 0 Å². The molecule has 0 spiro atoms. The highest BCUT2D eigenvalue weighted by atomic mass is 16.5. The summed E-state index contributed by atoms with van der Waals surface area (Å²) in [7, 11) is 1.77. The minimum absolute atomic E-state index is 0.0528. The second kappa shape index (κ2) is 4.96. The zero-order chi connectivity index (χ0) is 12.2. The molecule has 1 heterocycles.